The highest BCUT2D eigenvalue weighted by Gasteiger charge is 2.47. The van der Waals surface area contributed by atoms with Crippen LogP contribution in [0, 0.1) is 11.8 Å². The predicted molar refractivity (Wildman–Crippen MR) is 101 cm³/mol. The molecule has 1 aliphatic carbocycles. The number of ether oxygens (including phenoxy) is 1. The number of methoxy groups -OCH3 is 1. The van der Waals surface area contributed by atoms with E-state index >= 15 is 0 Å². The Bertz CT molecular complexity index is 792. The van der Waals surface area contributed by atoms with E-state index in [2.05, 4.69) is 10.6 Å². The Kier molecular flexibility index (Phi) is 5.78. The molecule has 2 N–H and O–H groups in total. The minimum Gasteiger partial charge on any atom is -0.497 e. The molecule has 0 aliphatic heterocycles. The molecule has 2 amide bonds. The van der Waals surface area contributed by atoms with Crippen molar-refractivity contribution in [3.63, 3.8) is 0 Å². The molecule has 0 bridgehead atoms. The monoisotopic (exact) mass is 372 g/mol. The number of carbonyl (C=O) groups excluding carboxylic acids is 2. The second-order valence-corrected chi connectivity index (χ2v) is 6.77. The molecule has 26 heavy (non-hydrogen) atoms. The molecule has 0 saturated heterocycles. The average Bonchev–Trinajstić information content (AvgIpc) is 3.43. The van der Waals surface area contributed by atoms with Crippen molar-refractivity contribution in [1.82, 2.24) is 5.32 Å². The number of rotatable bonds is 7. The van der Waals surface area contributed by atoms with Crippen LogP contribution in [0.15, 0.2) is 48.5 Å². The SMILES string of the molecule is COc1ccc(NC(=O)C2CC2C(=O)NCCc2cccc(Cl)c2)cc1. The molecule has 5 nitrogen and oxygen atoms in total. The minimum atomic E-state index is -0.261. The van der Waals surface area contributed by atoms with Crippen LogP contribution in [0.25, 0.3) is 0 Å². The third-order valence-electron chi connectivity index (χ3n) is 4.42. The van der Waals surface area contributed by atoms with Gasteiger partial charge in [-0.1, -0.05) is 23.7 Å². The summed E-state index contributed by atoms with van der Waals surface area (Å²) in [5.74, 6) is 0.0364. The lowest BCUT2D eigenvalue weighted by atomic mass is 10.1. The number of carbonyl (C=O) groups is 2. The quantitative estimate of drug-likeness (QED) is 0.783. The van der Waals surface area contributed by atoms with Gasteiger partial charge in [0, 0.05) is 17.3 Å². The van der Waals surface area contributed by atoms with Gasteiger partial charge in [0.15, 0.2) is 0 Å². The fourth-order valence-corrected chi connectivity index (χ4v) is 3.05. The first kappa shape index (κ1) is 18.3. The Morgan fingerprint density at radius 1 is 1.12 bits per heavy atom. The molecule has 1 fully saturated rings. The van der Waals surface area contributed by atoms with E-state index in [0.29, 0.717) is 30.1 Å². The van der Waals surface area contributed by atoms with Crippen molar-refractivity contribution < 1.29 is 14.3 Å². The third kappa shape index (κ3) is 4.76. The maximum absolute atomic E-state index is 12.2. The normalized spacial score (nSPS) is 18.1. The van der Waals surface area contributed by atoms with E-state index in [0.717, 1.165) is 11.3 Å². The summed E-state index contributed by atoms with van der Waals surface area (Å²) < 4.78 is 5.09. The molecule has 0 spiro atoms. The zero-order chi connectivity index (χ0) is 18.5. The first-order valence-electron chi connectivity index (χ1n) is 8.54. The van der Waals surface area contributed by atoms with Gasteiger partial charge in [-0.15, -0.1) is 0 Å². The van der Waals surface area contributed by atoms with Crippen molar-refractivity contribution in [2.75, 3.05) is 19.0 Å². The largest absolute Gasteiger partial charge is 0.497 e. The van der Waals surface area contributed by atoms with Crippen molar-refractivity contribution in [3.05, 3.63) is 59.1 Å². The van der Waals surface area contributed by atoms with E-state index in [1.807, 2.05) is 24.3 Å². The van der Waals surface area contributed by atoms with Crippen LogP contribution in [0.2, 0.25) is 5.02 Å². The molecule has 2 unspecified atom stereocenters. The van der Waals surface area contributed by atoms with E-state index in [1.165, 1.54) is 0 Å². The van der Waals surface area contributed by atoms with E-state index in [1.54, 1.807) is 31.4 Å². The first-order chi connectivity index (χ1) is 12.6. The van der Waals surface area contributed by atoms with Gasteiger partial charge in [0.25, 0.3) is 0 Å². The number of benzene rings is 2. The second-order valence-electron chi connectivity index (χ2n) is 6.34. The van der Waals surface area contributed by atoms with Crippen LogP contribution in [0.3, 0.4) is 0 Å². The lowest BCUT2D eigenvalue weighted by Crippen LogP contribution is -2.29. The Morgan fingerprint density at radius 3 is 2.54 bits per heavy atom. The number of nitrogens with one attached hydrogen (secondary N) is 2. The fourth-order valence-electron chi connectivity index (χ4n) is 2.84. The Morgan fingerprint density at radius 2 is 1.85 bits per heavy atom. The molecule has 1 aliphatic rings. The molecular weight excluding hydrogens is 352 g/mol. The highest BCUT2D eigenvalue weighted by Crippen LogP contribution is 2.39. The number of halogens is 1. The van der Waals surface area contributed by atoms with Gasteiger partial charge in [0.05, 0.1) is 18.9 Å². The summed E-state index contributed by atoms with van der Waals surface area (Å²) in [5.41, 5.74) is 1.77. The van der Waals surface area contributed by atoms with Crippen molar-refractivity contribution in [2.45, 2.75) is 12.8 Å². The van der Waals surface area contributed by atoms with Crippen LogP contribution < -0.4 is 15.4 Å². The highest BCUT2D eigenvalue weighted by atomic mass is 35.5. The van der Waals surface area contributed by atoms with Gasteiger partial charge in [-0.05, 0) is 54.8 Å². The summed E-state index contributed by atoms with van der Waals surface area (Å²) >= 11 is 5.95. The molecule has 2 aromatic rings. The Labute approximate surface area is 157 Å². The molecule has 3 rings (SSSR count). The van der Waals surface area contributed by atoms with Crippen molar-refractivity contribution >= 4 is 29.1 Å². The maximum atomic E-state index is 12.2. The van der Waals surface area contributed by atoms with Gasteiger partial charge in [0.1, 0.15) is 5.75 Å². The summed E-state index contributed by atoms with van der Waals surface area (Å²) in [6, 6.07) is 14.7. The van der Waals surface area contributed by atoms with Crippen molar-refractivity contribution in [3.8, 4) is 5.75 Å². The Balaban J connectivity index is 1.42. The van der Waals surface area contributed by atoms with E-state index in [-0.39, 0.29) is 23.7 Å². The Hall–Kier alpha value is -2.53. The number of hydrogen-bond acceptors (Lipinski definition) is 3. The van der Waals surface area contributed by atoms with Gasteiger partial charge >= 0.3 is 0 Å². The summed E-state index contributed by atoms with van der Waals surface area (Å²) in [6.07, 6.45) is 1.30. The smallest absolute Gasteiger partial charge is 0.228 e. The molecule has 6 heteroatoms. The van der Waals surface area contributed by atoms with E-state index in [9.17, 15) is 9.59 Å². The van der Waals surface area contributed by atoms with Crippen LogP contribution in [0.5, 0.6) is 5.75 Å². The highest BCUT2D eigenvalue weighted by molar-refractivity contribution is 6.30. The zero-order valence-electron chi connectivity index (χ0n) is 14.5. The number of anilines is 1. The number of hydrogen-bond donors (Lipinski definition) is 2. The maximum Gasteiger partial charge on any atom is 0.228 e. The molecule has 2 atom stereocenters. The van der Waals surface area contributed by atoms with Crippen LogP contribution in [-0.2, 0) is 16.0 Å². The second kappa shape index (κ2) is 8.23. The predicted octanol–water partition coefficient (Wildman–Crippen LogP) is 3.28. The van der Waals surface area contributed by atoms with E-state index < -0.39 is 0 Å². The lowest BCUT2D eigenvalue weighted by molar-refractivity contribution is -0.125. The van der Waals surface area contributed by atoms with Crippen LogP contribution >= 0.6 is 11.6 Å². The molecule has 0 aromatic heterocycles. The standard InChI is InChI=1S/C20H21ClN2O3/c1-26-16-7-5-15(6-8-16)23-20(25)18-12-17(18)19(24)22-10-9-13-3-2-4-14(21)11-13/h2-8,11,17-18H,9-10,12H2,1H3,(H,22,24)(H,23,25). The van der Waals surface area contributed by atoms with E-state index in [4.69, 9.17) is 16.3 Å². The zero-order valence-corrected chi connectivity index (χ0v) is 15.3. The topological polar surface area (TPSA) is 67.4 Å². The van der Waals surface area contributed by atoms with Gasteiger partial charge in [-0.3, -0.25) is 9.59 Å². The summed E-state index contributed by atoms with van der Waals surface area (Å²) in [7, 11) is 1.59. The van der Waals surface area contributed by atoms with Crippen LogP contribution in [0.1, 0.15) is 12.0 Å². The van der Waals surface area contributed by atoms with Gasteiger partial charge in [0.2, 0.25) is 11.8 Å². The van der Waals surface area contributed by atoms with Gasteiger partial charge in [-0.2, -0.15) is 0 Å². The minimum absolute atomic E-state index is 0.0677. The fraction of sp³-hybridized carbons (Fsp3) is 0.300. The summed E-state index contributed by atoms with van der Waals surface area (Å²) in [4.78, 5) is 24.4. The molecule has 1 saturated carbocycles. The van der Waals surface area contributed by atoms with Crippen molar-refractivity contribution in [1.29, 1.82) is 0 Å². The molecule has 0 radical (unpaired) electrons. The molecule has 136 valence electrons. The molecular formula is C20H21ClN2O3. The van der Waals surface area contributed by atoms with Gasteiger partial charge in [-0.25, -0.2) is 0 Å². The van der Waals surface area contributed by atoms with Crippen LogP contribution in [-0.4, -0.2) is 25.5 Å². The summed E-state index contributed by atoms with van der Waals surface area (Å²) in [5, 5.41) is 6.42. The first-order valence-corrected chi connectivity index (χ1v) is 8.91. The lowest BCUT2D eigenvalue weighted by Gasteiger charge is -2.07. The van der Waals surface area contributed by atoms with Crippen LogP contribution in [0.4, 0.5) is 5.69 Å². The molecule has 0 heterocycles. The average molecular weight is 373 g/mol. The number of amides is 2. The van der Waals surface area contributed by atoms with Gasteiger partial charge < -0.3 is 15.4 Å². The summed E-state index contributed by atoms with van der Waals surface area (Å²) in [6.45, 7) is 0.530. The van der Waals surface area contributed by atoms with Crippen molar-refractivity contribution in [2.24, 2.45) is 11.8 Å². The third-order valence-corrected chi connectivity index (χ3v) is 4.66. The molecule has 2 aromatic carbocycles.